The SMILES string of the molecule is CN=C(NCc1ccc(S(N)(=O)=O)s1)NCC1(c2ccccc2F)CC1.I. The number of primary sulfonamides is 1. The van der Waals surface area contributed by atoms with Crippen molar-refractivity contribution in [1.29, 1.82) is 0 Å². The number of thiophene rings is 1. The zero-order valence-corrected chi connectivity index (χ0v) is 18.7. The number of nitrogens with two attached hydrogens (primary N) is 1. The average molecular weight is 524 g/mol. The van der Waals surface area contributed by atoms with Crippen LogP contribution in [0.3, 0.4) is 0 Å². The molecule has 1 aromatic carbocycles. The number of halogens is 2. The maximum absolute atomic E-state index is 14.1. The number of aliphatic imine (C=N–C) groups is 1. The van der Waals surface area contributed by atoms with Gasteiger partial charge in [-0.15, -0.1) is 35.3 Å². The largest absolute Gasteiger partial charge is 0.356 e. The molecule has 1 heterocycles. The monoisotopic (exact) mass is 524 g/mol. The van der Waals surface area contributed by atoms with Gasteiger partial charge in [-0.05, 0) is 36.6 Å². The minimum atomic E-state index is -3.67. The highest BCUT2D eigenvalue weighted by Crippen LogP contribution is 2.48. The predicted octanol–water partition coefficient (Wildman–Crippen LogP) is 2.55. The van der Waals surface area contributed by atoms with Crippen molar-refractivity contribution in [3.63, 3.8) is 0 Å². The van der Waals surface area contributed by atoms with Crippen LogP contribution in [0.15, 0.2) is 45.6 Å². The lowest BCUT2D eigenvalue weighted by Gasteiger charge is -2.19. The van der Waals surface area contributed by atoms with E-state index in [-0.39, 0.29) is 39.4 Å². The van der Waals surface area contributed by atoms with Crippen LogP contribution in [0.2, 0.25) is 0 Å². The molecule has 1 saturated carbocycles. The van der Waals surface area contributed by atoms with Gasteiger partial charge in [0.15, 0.2) is 5.96 Å². The van der Waals surface area contributed by atoms with Crippen LogP contribution in [-0.4, -0.2) is 28.0 Å². The van der Waals surface area contributed by atoms with Gasteiger partial charge in [0, 0.05) is 23.9 Å². The zero-order valence-electron chi connectivity index (χ0n) is 14.7. The number of sulfonamides is 1. The predicted molar refractivity (Wildman–Crippen MR) is 117 cm³/mol. The van der Waals surface area contributed by atoms with E-state index in [2.05, 4.69) is 15.6 Å². The van der Waals surface area contributed by atoms with E-state index in [0.717, 1.165) is 34.6 Å². The first kappa shape index (κ1) is 22.1. The van der Waals surface area contributed by atoms with Gasteiger partial charge in [0.1, 0.15) is 10.0 Å². The Morgan fingerprint density at radius 2 is 1.96 bits per heavy atom. The molecule has 3 rings (SSSR count). The van der Waals surface area contributed by atoms with Gasteiger partial charge in [-0.3, -0.25) is 4.99 Å². The topological polar surface area (TPSA) is 96.6 Å². The van der Waals surface area contributed by atoms with Crippen LogP contribution in [0.25, 0.3) is 0 Å². The molecule has 148 valence electrons. The van der Waals surface area contributed by atoms with Crippen molar-refractivity contribution in [1.82, 2.24) is 10.6 Å². The van der Waals surface area contributed by atoms with E-state index in [1.54, 1.807) is 19.2 Å². The Morgan fingerprint density at radius 1 is 1.26 bits per heavy atom. The van der Waals surface area contributed by atoms with Crippen molar-refractivity contribution in [3.05, 3.63) is 52.7 Å². The molecular weight excluding hydrogens is 502 g/mol. The molecule has 0 unspecified atom stereocenters. The van der Waals surface area contributed by atoms with Crippen molar-refractivity contribution in [2.75, 3.05) is 13.6 Å². The Morgan fingerprint density at radius 3 is 2.52 bits per heavy atom. The smallest absolute Gasteiger partial charge is 0.247 e. The normalized spacial score (nSPS) is 15.7. The van der Waals surface area contributed by atoms with Gasteiger partial charge in [0.05, 0.1) is 6.54 Å². The number of benzene rings is 1. The summed E-state index contributed by atoms with van der Waals surface area (Å²) in [5.74, 6) is 0.405. The molecule has 1 aliphatic carbocycles. The maximum Gasteiger partial charge on any atom is 0.247 e. The molecule has 10 heteroatoms. The fraction of sp³-hybridized carbons (Fsp3) is 0.353. The van der Waals surface area contributed by atoms with E-state index in [1.165, 1.54) is 12.1 Å². The molecule has 0 saturated heterocycles. The first-order valence-corrected chi connectivity index (χ1v) is 10.5. The highest BCUT2D eigenvalue weighted by Gasteiger charge is 2.45. The van der Waals surface area contributed by atoms with Crippen LogP contribution in [-0.2, 0) is 22.0 Å². The molecule has 0 amide bonds. The lowest BCUT2D eigenvalue weighted by molar-refractivity contribution is 0.560. The molecule has 4 N–H and O–H groups in total. The standard InChI is InChI=1S/C17H21FN4O2S2.HI/c1-20-16(21-10-12-6-7-15(25-12)26(19,23)24)22-11-17(8-9-17)13-4-2-3-5-14(13)18;/h2-7H,8-11H2,1H3,(H2,19,23,24)(H2,20,21,22);1H. The fourth-order valence-corrected chi connectivity index (χ4v) is 4.55. The third kappa shape index (κ3) is 5.39. The van der Waals surface area contributed by atoms with E-state index < -0.39 is 10.0 Å². The van der Waals surface area contributed by atoms with Gasteiger partial charge in [0.2, 0.25) is 10.0 Å². The second-order valence-electron chi connectivity index (χ2n) is 6.31. The summed E-state index contributed by atoms with van der Waals surface area (Å²) in [5.41, 5.74) is 0.547. The fourth-order valence-electron chi connectivity index (χ4n) is 2.83. The molecule has 0 aliphatic heterocycles. The second kappa shape index (κ2) is 8.84. The highest BCUT2D eigenvalue weighted by molar-refractivity contribution is 14.0. The first-order chi connectivity index (χ1) is 12.3. The Hall–Kier alpha value is -1.24. The lowest BCUT2D eigenvalue weighted by atomic mass is 9.95. The average Bonchev–Trinajstić information content (AvgIpc) is 3.22. The van der Waals surface area contributed by atoms with Crippen molar-refractivity contribution in [3.8, 4) is 0 Å². The molecule has 2 aromatic rings. The van der Waals surface area contributed by atoms with Crippen LogP contribution in [0.1, 0.15) is 23.3 Å². The number of nitrogens with zero attached hydrogens (tertiary/aromatic N) is 1. The molecule has 1 aromatic heterocycles. The van der Waals surface area contributed by atoms with Gasteiger partial charge >= 0.3 is 0 Å². The summed E-state index contributed by atoms with van der Waals surface area (Å²) in [6.45, 7) is 1.01. The van der Waals surface area contributed by atoms with E-state index in [4.69, 9.17) is 5.14 Å². The Balaban J connectivity index is 0.00000261. The summed E-state index contributed by atoms with van der Waals surface area (Å²) in [6.07, 6.45) is 1.86. The van der Waals surface area contributed by atoms with Crippen molar-refractivity contribution in [2.45, 2.75) is 29.0 Å². The third-order valence-corrected chi connectivity index (χ3v) is 6.99. The van der Waals surface area contributed by atoms with E-state index in [9.17, 15) is 12.8 Å². The van der Waals surface area contributed by atoms with Crippen LogP contribution in [0.4, 0.5) is 4.39 Å². The quantitative estimate of drug-likeness (QED) is 0.308. The van der Waals surface area contributed by atoms with Gasteiger partial charge < -0.3 is 10.6 Å². The summed E-state index contributed by atoms with van der Waals surface area (Å²) in [4.78, 5) is 4.99. The van der Waals surface area contributed by atoms with Crippen LogP contribution in [0, 0.1) is 5.82 Å². The van der Waals surface area contributed by atoms with Gasteiger partial charge in [-0.1, -0.05) is 18.2 Å². The minimum absolute atomic E-state index is 0. The number of rotatable bonds is 6. The van der Waals surface area contributed by atoms with Gasteiger partial charge in [-0.25, -0.2) is 17.9 Å². The summed E-state index contributed by atoms with van der Waals surface area (Å²) < 4.78 is 36.8. The lowest BCUT2D eigenvalue weighted by Crippen LogP contribution is -2.41. The van der Waals surface area contributed by atoms with Gasteiger partial charge in [0.25, 0.3) is 0 Å². The van der Waals surface area contributed by atoms with Crippen molar-refractivity contribution in [2.24, 2.45) is 10.1 Å². The number of hydrogen-bond donors (Lipinski definition) is 3. The Kier molecular flexibility index (Phi) is 7.22. The molecule has 0 atom stereocenters. The molecule has 0 radical (unpaired) electrons. The molecule has 6 nitrogen and oxygen atoms in total. The summed E-state index contributed by atoms with van der Waals surface area (Å²) in [5, 5.41) is 11.5. The van der Waals surface area contributed by atoms with Gasteiger partial charge in [-0.2, -0.15) is 0 Å². The molecule has 0 spiro atoms. The minimum Gasteiger partial charge on any atom is -0.356 e. The summed E-state index contributed by atoms with van der Waals surface area (Å²) in [7, 11) is -2.02. The molecular formula is C17H22FIN4O2S2. The van der Waals surface area contributed by atoms with Crippen LogP contribution < -0.4 is 15.8 Å². The third-order valence-electron chi connectivity index (χ3n) is 4.46. The molecule has 27 heavy (non-hydrogen) atoms. The zero-order chi connectivity index (χ0) is 18.8. The van der Waals surface area contributed by atoms with Crippen LogP contribution >= 0.6 is 35.3 Å². The van der Waals surface area contributed by atoms with Crippen molar-refractivity contribution < 1.29 is 12.8 Å². The molecule has 1 fully saturated rings. The number of nitrogens with one attached hydrogen (secondary N) is 2. The molecule has 0 bridgehead atoms. The van der Waals surface area contributed by atoms with Crippen LogP contribution in [0.5, 0.6) is 0 Å². The van der Waals surface area contributed by atoms with E-state index in [1.807, 2.05) is 12.1 Å². The number of guanidine groups is 1. The Labute approximate surface area is 179 Å². The van der Waals surface area contributed by atoms with Crippen molar-refractivity contribution >= 4 is 51.3 Å². The summed E-state index contributed by atoms with van der Waals surface area (Å²) >= 11 is 1.12. The number of hydrogen-bond acceptors (Lipinski definition) is 4. The second-order valence-corrected chi connectivity index (χ2v) is 9.26. The summed E-state index contributed by atoms with van der Waals surface area (Å²) in [6, 6.07) is 10.1. The van der Waals surface area contributed by atoms with E-state index in [0.29, 0.717) is 19.0 Å². The molecule has 1 aliphatic rings. The maximum atomic E-state index is 14.1. The first-order valence-electron chi connectivity index (χ1n) is 8.15. The highest BCUT2D eigenvalue weighted by atomic mass is 127. The Bertz CT molecular complexity index is 927. The van der Waals surface area contributed by atoms with E-state index >= 15 is 0 Å².